The third-order valence-corrected chi connectivity index (χ3v) is 9.45. The number of hydrogen-bond donors (Lipinski definition) is 1. The first-order chi connectivity index (χ1) is 22.6. The molecule has 1 saturated heterocycles. The van der Waals surface area contributed by atoms with Crippen LogP contribution in [0.1, 0.15) is 47.2 Å². The lowest BCUT2D eigenvalue weighted by atomic mass is 9.96. The number of ether oxygens (including phenoxy) is 1. The lowest BCUT2D eigenvalue weighted by molar-refractivity contribution is 0.0708. The molecule has 0 spiro atoms. The largest absolute Gasteiger partial charge is 0.494 e. The van der Waals surface area contributed by atoms with Gasteiger partial charge in [-0.25, -0.2) is 9.97 Å². The Hall–Kier alpha value is -5.02. The molecule has 6 aromatic rings. The van der Waals surface area contributed by atoms with Crippen LogP contribution in [-0.4, -0.2) is 61.1 Å². The van der Waals surface area contributed by atoms with Gasteiger partial charge in [-0.15, -0.1) is 0 Å². The Balaban J connectivity index is 1.35. The van der Waals surface area contributed by atoms with Crippen LogP contribution in [0.3, 0.4) is 0 Å². The van der Waals surface area contributed by atoms with E-state index in [4.69, 9.17) is 20.4 Å². The van der Waals surface area contributed by atoms with Crippen molar-refractivity contribution in [2.75, 3.05) is 20.2 Å². The van der Waals surface area contributed by atoms with Crippen molar-refractivity contribution in [3.8, 4) is 28.4 Å². The topological polar surface area (TPSA) is 104 Å². The number of fused-ring (bicyclic) bond motifs is 11. The van der Waals surface area contributed by atoms with Gasteiger partial charge in [0, 0.05) is 60.8 Å². The van der Waals surface area contributed by atoms with Crippen LogP contribution in [-0.2, 0) is 19.5 Å². The van der Waals surface area contributed by atoms with Crippen molar-refractivity contribution >= 4 is 28.0 Å². The van der Waals surface area contributed by atoms with Crippen LogP contribution in [0.25, 0.3) is 44.7 Å². The Morgan fingerprint density at radius 1 is 0.978 bits per heavy atom. The highest BCUT2D eigenvalue weighted by Crippen LogP contribution is 2.36. The molecule has 2 aliphatic rings. The normalized spacial score (nSPS) is 16.8. The number of carbonyl (C=O) groups excluding carboxylic acids is 1. The lowest BCUT2D eigenvalue weighted by Crippen LogP contribution is -2.45. The average molecular weight is 612 g/mol. The summed E-state index contributed by atoms with van der Waals surface area (Å²) in [5.74, 6) is 1.37. The first kappa shape index (κ1) is 28.5. The van der Waals surface area contributed by atoms with E-state index in [9.17, 15) is 4.79 Å². The van der Waals surface area contributed by atoms with Gasteiger partial charge in [-0.3, -0.25) is 9.78 Å². The molecule has 0 radical (unpaired) electrons. The van der Waals surface area contributed by atoms with Crippen LogP contribution in [0.4, 0.5) is 0 Å². The number of hydrogen-bond acceptors (Lipinski definition) is 6. The number of methoxy groups -OCH3 is 1. The molecule has 46 heavy (non-hydrogen) atoms. The molecule has 2 N–H and O–H groups in total. The van der Waals surface area contributed by atoms with Crippen molar-refractivity contribution in [1.29, 1.82) is 0 Å². The fourth-order valence-electron chi connectivity index (χ4n) is 7.24. The van der Waals surface area contributed by atoms with Crippen molar-refractivity contribution in [3.63, 3.8) is 0 Å². The Morgan fingerprint density at radius 3 is 2.78 bits per heavy atom. The second kappa shape index (κ2) is 11.7. The van der Waals surface area contributed by atoms with Crippen molar-refractivity contribution in [2.45, 2.75) is 51.2 Å². The molecule has 0 aliphatic carbocycles. The Bertz CT molecular complexity index is 2100. The molecule has 1 atom stereocenters. The number of aryl methyl sites for hydroxylation is 2. The van der Waals surface area contributed by atoms with Crippen LogP contribution in [0.15, 0.2) is 79.3 Å². The second-order valence-corrected chi connectivity index (χ2v) is 12.5. The van der Waals surface area contributed by atoms with Gasteiger partial charge in [-0.05, 0) is 85.2 Å². The quantitative estimate of drug-likeness (QED) is 0.255. The number of likely N-dealkylation sites (tertiary alicyclic amines) is 1. The standard InChI is InChI=1S/C37H37N7O2/c1-46-33-19-27(37(45)42-14-7-11-29(38)23-42)17-31-34(33)44-22-24-16-28(21-39-20-24)30-12-3-2-8-25(30)9-4-5-15-43-32(36(44)41-31)18-26-10-6-13-40-35(26)43/h2-3,6,8,10,12-13,16-21,29H,4-5,7,9,11,14-15,22-23,38H2,1H3/t29-/m1/s1. The maximum Gasteiger partial charge on any atom is 0.254 e. The molecule has 9 nitrogen and oxygen atoms in total. The van der Waals surface area contributed by atoms with E-state index in [0.717, 1.165) is 77.8 Å². The van der Waals surface area contributed by atoms with Gasteiger partial charge in [0.2, 0.25) is 0 Å². The number of amides is 1. The molecule has 6 heterocycles. The van der Waals surface area contributed by atoms with E-state index in [1.807, 2.05) is 41.7 Å². The number of nitrogens with zero attached hydrogens (tertiary/aromatic N) is 6. The molecule has 2 aromatic carbocycles. The Morgan fingerprint density at radius 2 is 1.89 bits per heavy atom. The van der Waals surface area contributed by atoms with Gasteiger partial charge in [0.05, 0.1) is 24.9 Å². The maximum atomic E-state index is 13.7. The van der Waals surface area contributed by atoms with E-state index in [1.165, 1.54) is 11.1 Å². The summed E-state index contributed by atoms with van der Waals surface area (Å²) < 4.78 is 10.5. The summed E-state index contributed by atoms with van der Waals surface area (Å²) in [5.41, 5.74) is 15.0. The summed E-state index contributed by atoms with van der Waals surface area (Å²) in [7, 11) is 1.66. The zero-order valence-corrected chi connectivity index (χ0v) is 26.0. The molecule has 0 unspecified atom stereocenters. The number of pyridine rings is 2. The second-order valence-electron chi connectivity index (χ2n) is 12.5. The number of piperidine rings is 1. The molecule has 1 fully saturated rings. The van der Waals surface area contributed by atoms with Crippen molar-refractivity contribution in [2.24, 2.45) is 5.73 Å². The van der Waals surface area contributed by atoms with Crippen LogP contribution in [0, 0.1) is 0 Å². The Kier molecular flexibility index (Phi) is 7.25. The first-order valence-corrected chi connectivity index (χ1v) is 16.2. The highest BCUT2D eigenvalue weighted by atomic mass is 16.5. The predicted molar refractivity (Wildman–Crippen MR) is 180 cm³/mol. The summed E-state index contributed by atoms with van der Waals surface area (Å²) in [6, 6.07) is 20.9. The maximum absolute atomic E-state index is 13.7. The molecule has 2 bridgehead atoms. The van der Waals surface area contributed by atoms with Crippen LogP contribution in [0.2, 0.25) is 0 Å². The van der Waals surface area contributed by atoms with Crippen LogP contribution < -0.4 is 10.5 Å². The van der Waals surface area contributed by atoms with Gasteiger partial charge in [-0.2, -0.15) is 0 Å². The minimum Gasteiger partial charge on any atom is -0.494 e. The summed E-state index contributed by atoms with van der Waals surface area (Å²) >= 11 is 0. The van der Waals surface area contributed by atoms with E-state index in [2.05, 4.69) is 56.6 Å². The molecule has 1 amide bonds. The third-order valence-electron chi connectivity index (χ3n) is 9.45. The zero-order chi connectivity index (χ0) is 31.2. The predicted octanol–water partition coefficient (Wildman–Crippen LogP) is 6.07. The fraction of sp³-hybridized carbons (Fsp3) is 0.297. The molecule has 9 heteroatoms. The van der Waals surface area contributed by atoms with Crippen molar-refractivity contribution in [1.82, 2.24) is 29.0 Å². The van der Waals surface area contributed by atoms with Gasteiger partial charge in [0.25, 0.3) is 5.91 Å². The molecule has 232 valence electrons. The number of imidazole rings is 1. The number of rotatable bonds is 2. The van der Waals surface area contributed by atoms with E-state index in [1.54, 1.807) is 7.11 Å². The summed E-state index contributed by atoms with van der Waals surface area (Å²) in [5, 5.41) is 1.07. The monoisotopic (exact) mass is 611 g/mol. The van der Waals surface area contributed by atoms with E-state index in [0.29, 0.717) is 36.5 Å². The molecule has 0 saturated carbocycles. The van der Waals surface area contributed by atoms with Crippen LogP contribution in [0.5, 0.6) is 5.75 Å². The molecule has 4 aromatic heterocycles. The van der Waals surface area contributed by atoms with E-state index in [-0.39, 0.29) is 11.9 Å². The van der Waals surface area contributed by atoms with Gasteiger partial charge in [0.1, 0.15) is 16.9 Å². The molecular formula is C37H37N7O2. The van der Waals surface area contributed by atoms with Gasteiger partial charge < -0.3 is 24.5 Å². The SMILES string of the molecule is COc1cc(C(=O)N2CCC[C@@H](N)C2)cc2nc3n(c12)Cc1cncc(c1)-c1ccccc1CCCCn1c-3cc2cccnc21. The smallest absolute Gasteiger partial charge is 0.254 e. The summed E-state index contributed by atoms with van der Waals surface area (Å²) in [6.07, 6.45) is 10.6. The molecule has 2 aliphatic heterocycles. The molecule has 8 rings (SSSR count). The number of benzene rings is 2. The van der Waals surface area contributed by atoms with Gasteiger partial charge in [-0.1, -0.05) is 24.3 Å². The molecular weight excluding hydrogens is 574 g/mol. The third kappa shape index (κ3) is 5.01. The highest BCUT2D eigenvalue weighted by molar-refractivity contribution is 6.00. The van der Waals surface area contributed by atoms with E-state index >= 15 is 0 Å². The van der Waals surface area contributed by atoms with Crippen molar-refractivity contribution in [3.05, 3.63) is 95.9 Å². The zero-order valence-electron chi connectivity index (χ0n) is 26.0. The average Bonchev–Trinajstić information content (AvgIpc) is 3.63. The van der Waals surface area contributed by atoms with Gasteiger partial charge in [0.15, 0.2) is 5.82 Å². The minimum atomic E-state index is -0.0429. The highest BCUT2D eigenvalue weighted by Gasteiger charge is 2.27. The van der Waals surface area contributed by atoms with E-state index < -0.39 is 0 Å². The first-order valence-electron chi connectivity index (χ1n) is 16.2. The number of aromatic nitrogens is 5. The minimum absolute atomic E-state index is 0.00274. The van der Waals surface area contributed by atoms with Crippen LogP contribution >= 0.6 is 0 Å². The summed E-state index contributed by atoms with van der Waals surface area (Å²) in [6.45, 7) is 2.59. The fourth-order valence-corrected chi connectivity index (χ4v) is 7.24. The summed E-state index contributed by atoms with van der Waals surface area (Å²) in [4.78, 5) is 30.3. The Labute approximate surface area is 267 Å². The number of carbonyl (C=O) groups is 1. The van der Waals surface area contributed by atoms with Crippen molar-refractivity contribution < 1.29 is 9.53 Å². The van der Waals surface area contributed by atoms with Gasteiger partial charge >= 0.3 is 0 Å². The lowest BCUT2D eigenvalue weighted by Gasteiger charge is -2.30. The number of nitrogens with two attached hydrogens (primary N) is 1.